The molecule has 1 aliphatic rings. The third-order valence-corrected chi connectivity index (χ3v) is 7.42. The Labute approximate surface area is 206 Å². The van der Waals surface area contributed by atoms with Gasteiger partial charge in [-0.25, -0.2) is 9.97 Å². The molecule has 1 aliphatic carbocycles. The number of hydrogen-bond donors (Lipinski definition) is 3. The van der Waals surface area contributed by atoms with E-state index in [-0.39, 0.29) is 11.8 Å². The van der Waals surface area contributed by atoms with Gasteiger partial charge < -0.3 is 14.6 Å². The highest BCUT2D eigenvalue weighted by Gasteiger charge is 2.30. The van der Waals surface area contributed by atoms with E-state index < -0.39 is 5.60 Å². The van der Waals surface area contributed by atoms with E-state index in [1.54, 1.807) is 36.6 Å². The third-order valence-electron chi connectivity index (χ3n) is 5.98. The highest BCUT2D eigenvalue weighted by molar-refractivity contribution is 7.92. The molecule has 4 N–H and O–H groups in total. The Bertz CT molecular complexity index is 1120. The minimum absolute atomic E-state index is 0.186. The van der Waals surface area contributed by atoms with Crippen LogP contribution in [-0.4, -0.2) is 33.5 Å². The second-order valence-electron chi connectivity index (χ2n) is 8.30. The molecule has 2 aromatic heterocycles. The van der Waals surface area contributed by atoms with Crippen molar-refractivity contribution in [1.29, 1.82) is 0 Å². The van der Waals surface area contributed by atoms with E-state index in [1.165, 1.54) is 23.9 Å². The molecule has 3 aromatic rings. The molecule has 7 nitrogen and oxygen atoms in total. The van der Waals surface area contributed by atoms with Crippen LogP contribution < -0.4 is 10.5 Å². The number of carbonyl (C=O) groups is 1. The van der Waals surface area contributed by atoms with Gasteiger partial charge in [-0.2, -0.15) is 0 Å². The Morgan fingerprint density at radius 2 is 2.24 bits per heavy atom. The lowest BCUT2D eigenvalue weighted by molar-refractivity contribution is 0.102. The quantitative estimate of drug-likeness (QED) is 0.216. The number of nitrogens with zero attached hydrogens (tertiary/aromatic N) is 2. The number of aliphatic hydroxyl groups is 1. The van der Waals surface area contributed by atoms with Gasteiger partial charge in [0.2, 0.25) is 5.78 Å². The number of thiophene rings is 1. The number of anilines is 1. The predicted octanol–water partition coefficient (Wildman–Crippen LogP) is 4.80. The van der Waals surface area contributed by atoms with Gasteiger partial charge in [0.25, 0.3) is 0 Å². The highest BCUT2D eigenvalue weighted by Crippen LogP contribution is 2.35. The van der Waals surface area contributed by atoms with E-state index >= 15 is 0 Å². The van der Waals surface area contributed by atoms with Gasteiger partial charge in [-0.15, -0.1) is 11.3 Å². The average Bonchev–Trinajstić information content (AvgIpc) is 3.48. The van der Waals surface area contributed by atoms with Crippen LogP contribution in [0, 0.1) is 5.92 Å². The second-order valence-corrected chi connectivity index (χ2v) is 10.1. The Balaban J connectivity index is 1.51. The fraction of sp³-hybridized carbons (Fsp3) is 0.348. The monoisotopic (exact) mass is 504 g/mol. The molecule has 0 radical (unpaired) electrons. The minimum atomic E-state index is -1.28. The van der Waals surface area contributed by atoms with Crippen LogP contribution in [0.2, 0.25) is 5.02 Å². The first-order valence-electron chi connectivity index (χ1n) is 10.6. The molecule has 10 heteroatoms. The molecule has 0 amide bonds. The Hall–Kier alpha value is -2.01. The van der Waals surface area contributed by atoms with Gasteiger partial charge in [-0.05, 0) is 66.8 Å². The van der Waals surface area contributed by atoms with Crippen LogP contribution in [0.5, 0.6) is 0 Å². The largest absolute Gasteiger partial charge is 0.381 e. The van der Waals surface area contributed by atoms with Crippen molar-refractivity contribution in [2.24, 2.45) is 11.1 Å². The fourth-order valence-electron chi connectivity index (χ4n) is 4.10. The normalized spacial score (nSPS) is 19.9. The zero-order valence-electron chi connectivity index (χ0n) is 18.0. The molecule has 33 heavy (non-hydrogen) atoms. The zero-order chi connectivity index (χ0) is 23.4. The Kier molecular flexibility index (Phi) is 7.68. The molecule has 1 fully saturated rings. The maximum absolute atomic E-state index is 13.3. The first kappa shape index (κ1) is 24.1. The van der Waals surface area contributed by atoms with Crippen molar-refractivity contribution in [3.8, 4) is 0 Å². The average molecular weight is 505 g/mol. The molecule has 1 aromatic carbocycles. The minimum Gasteiger partial charge on any atom is -0.381 e. The molecule has 0 bridgehead atoms. The lowest BCUT2D eigenvalue weighted by Gasteiger charge is -2.23. The number of benzene rings is 1. The summed E-state index contributed by atoms with van der Waals surface area (Å²) in [5.41, 5.74) is 0.410. The SMILES string of the molecule is CC(O)(c1cccc(Cl)c1)c1csc(C(=O)c2cncnc2NC2CCC(COSN)C2)c1. The maximum atomic E-state index is 13.3. The van der Waals surface area contributed by atoms with Gasteiger partial charge in [-0.1, -0.05) is 23.7 Å². The van der Waals surface area contributed by atoms with Crippen molar-refractivity contribution in [3.05, 3.63) is 74.8 Å². The molecule has 2 heterocycles. The molecular formula is C23H25ClN4O3S2. The van der Waals surface area contributed by atoms with E-state index in [2.05, 4.69) is 15.3 Å². The van der Waals surface area contributed by atoms with Crippen LogP contribution in [0.15, 0.2) is 48.2 Å². The highest BCUT2D eigenvalue weighted by atomic mass is 35.5. The fourth-order valence-corrected chi connectivity index (χ4v) is 5.52. The van der Waals surface area contributed by atoms with E-state index in [4.69, 9.17) is 20.9 Å². The Morgan fingerprint density at radius 3 is 3.03 bits per heavy atom. The molecule has 1 saturated carbocycles. The molecule has 0 spiro atoms. The van der Waals surface area contributed by atoms with Gasteiger partial charge in [0.05, 0.1) is 29.3 Å². The zero-order valence-corrected chi connectivity index (χ0v) is 20.4. The maximum Gasteiger partial charge on any atom is 0.208 e. The van der Waals surface area contributed by atoms with Crippen LogP contribution >= 0.6 is 35.2 Å². The molecule has 3 unspecified atom stereocenters. The van der Waals surface area contributed by atoms with Crippen molar-refractivity contribution in [3.63, 3.8) is 0 Å². The van der Waals surface area contributed by atoms with E-state index in [1.807, 2.05) is 6.07 Å². The van der Waals surface area contributed by atoms with E-state index in [9.17, 15) is 9.90 Å². The molecular weight excluding hydrogens is 480 g/mol. The van der Waals surface area contributed by atoms with Gasteiger partial charge in [0, 0.05) is 17.3 Å². The summed E-state index contributed by atoms with van der Waals surface area (Å²) in [6.45, 7) is 2.30. The van der Waals surface area contributed by atoms with Crippen LogP contribution in [0.4, 0.5) is 5.82 Å². The number of aromatic nitrogens is 2. The van der Waals surface area contributed by atoms with E-state index in [0.717, 1.165) is 31.5 Å². The van der Waals surface area contributed by atoms with Crippen molar-refractivity contribution in [2.45, 2.75) is 37.8 Å². The van der Waals surface area contributed by atoms with Gasteiger partial charge >= 0.3 is 0 Å². The van der Waals surface area contributed by atoms with Gasteiger partial charge in [-0.3, -0.25) is 9.93 Å². The first-order chi connectivity index (χ1) is 15.9. The van der Waals surface area contributed by atoms with Crippen molar-refractivity contribution >= 4 is 46.8 Å². The summed E-state index contributed by atoms with van der Waals surface area (Å²) in [4.78, 5) is 22.2. The number of halogens is 1. The Morgan fingerprint density at radius 1 is 1.39 bits per heavy atom. The van der Waals surface area contributed by atoms with Crippen molar-refractivity contribution < 1.29 is 14.1 Å². The molecule has 174 valence electrons. The van der Waals surface area contributed by atoms with Crippen LogP contribution in [0.3, 0.4) is 0 Å². The number of rotatable bonds is 9. The lowest BCUT2D eigenvalue weighted by Crippen LogP contribution is -2.22. The standard InChI is InChI=1S/C23H25ClN4O3S2/c1-23(30,15-3-2-4-17(24)8-15)16-9-20(32-12-16)21(29)19-10-26-13-27-22(19)28-18-6-5-14(7-18)11-31-33-25/h2-4,8-10,12-14,18,30H,5-7,11,25H2,1H3,(H,26,27,28). The number of nitrogens with one attached hydrogen (secondary N) is 1. The third kappa shape index (κ3) is 5.56. The molecule has 3 atom stereocenters. The first-order valence-corrected chi connectivity index (χ1v) is 12.6. The summed E-state index contributed by atoms with van der Waals surface area (Å²) >= 11 is 8.27. The number of ketones is 1. The lowest BCUT2D eigenvalue weighted by atomic mass is 9.90. The second kappa shape index (κ2) is 10.5. The van der Waals surface area contributed by atoms with Gasteiger partial charge in [0.15, 0.2) is 0 Å². The molecule has 4 rings (SSSR count). The van der Waals surface area contributed by atoms with Crippen LogP contribution in [0.25, 0.3) is 0 Å². The summed E-state index contributed by atoms with van der Waals surface area (Å²) in [6.07, 6.45) is 5.88. The summed E-state index contributed by atoms with van der Waals surface area (Å²) in [5.74, 6) is 0.757. The summed E-state index contributed by atoms with van der Waals surface area (Å²) in [6, 6.07) is 9.00. The van der Waals surface area contributed by atoms with Crippen LogP contribution in [-0.2, 0) is 9.78 Å². The summed E-state index contributed by atoms with van der Waals surface area (Å²) in [5, 5.41) is 22.2. The van der Waals surface area contributed by atoms with Crippen molar-refractivity contribution in [2.75, 3.05) is 11.9 Å². The van der Waals surface area contributed by atoms with Gasteiger partial charge in [0.1, 0.15) is 17.7 Å². The van der Waals surface area contributed by atoms with Crippen LogP contribution in [0.1, 0.15) is 52.5 Å². The summed E-state index contributed by atoms with van der Waals surface area (Å²) < 4.78 is 5.26. The number of hydrogen-bond acceptors (Lipinski definition) is 9. The number of nitrogens with two attached hydrogens (primary N) is 1. The smallest absolute Gasteiger partial charge is 0.208 e. The summed E-state index contributed by atoms with van der Waals surface area (Å²) in [7, 11) is 0. The van der Waals surface area contributed by atoms with E-state index in [0.29, 0.717) is 44.9 Å². The number of carbonyl (C=O) groups excluding carboxylic acids is 1. The molecule has 0 saturated heterocycles. The molecule has 0 aliphatic heterocycles. The predicted molar refractivity (Wildman–Crippen MR) is 132 cm³/mol. The topological polar surface area (TPSA) is 110 Å². The van der Waals surface area contributed by atoms with Crippen molar-refractivity contribution in [1.82, 2.24) is 9.97 Å².